The number of hydrogen-bond donors (Lipinski definition) is 0. The van der Waals surface area contributed by atoms with Gasteiger partial charge in [0.15, 0.2) is 0 Å². The van der Waals surface area contributed by atoms with Crippen LogP contribution in [0.3, 0.4) is 0 Å². The quantitative estimate of drug-likeness (QED) is 0.811. The standard InChI is InChI=1S/C9H11BrN2O2/c1-13-9-7(10)4-8(11-12-9)6-2-3-14-5-6/h4,6H,2-3,5H2,1H3. The maximum atomic E-state index is 5.29. The van der Waals surface area contributed by atoms with Gasteiger partial charge in [0, 0.05) is 12.5 Å². The molecule has 1 fully saturated rings. The molecule has 0 amide bonds. The van der Waals surface area contributed by atoms with Crippen molar-refractivity contribution in [3.8, 4) is 5.88 Å². The molecule has 1 aliphatic heterocycles. The number of aromatic nitrogens is 2. The van der Waals surface area contributed by atoms with Crippen molar-refractivity contribution in [2.45, 2.75) is 12.3 Å². The van der Waals surface area contributed by atoms with Crippen LogP contribution >= 0.6 is 15.9 Å². The van der Waals surface area contributed by atoms with Crippen LogP contribution in [0.25, 0.3) is 0 Å². The lowest BCUT2D eigenvalue weighted by Crippen LogP contribution is -2.03. The Bertz CT molecular complexity index is 327. The van der Waals surface area contributed by atoms with Crippen molar-refractivity contribution in [1.82, 2.24) is 10.2 Å². The van der Waals surface area contributed by atoms with Crippen molar-refractivity contribution in [2.24, 2.45) is 0 Å². The van der Waals surface area contributed by atoms with E-state index < -0.39 is 0 Å². The SMILES string of the molecule is COc1nnc(C2CCOC2)cc1Br. The fourth-order valence-electron chi connectivity index (χ4n) is 1.48. The highest BCUT2D eigenvalue weighted by atomic mass is 79.9. The van der Waals surface area contributed by atoms with E-state index >= 15 is 0 Å². The number of hydrogen-bond acceptors (Lipinski definition) is 4. The summed E-state index contributed by atoms with van der Waals surface area (Å²) in [6.07, 6.45) is 1.02. The van der Waals surface area contributed by atoms with Crippen LogP contribution in [0.15, 0.2) is 10.5 Å². The smallest absolute Gasteiger partial charge is 0.247 e. The summed E-state index contributed by atoms with van der Waals surface area (Å²) in [7, 11) is 1.58. The summed E-state index contributed by atoms with van der Waals surface area (Å²) < 4.78 is 11.1. The summed E-state index contributed by atoms with van der Waals surface area (Å²) in [5.74, 6) is 0.900. The normalized spacial score (nSPS) is 21.1. The van der Waals surface area contributed by atoms with E-state index in [-0.39, 0.29) is 0 Å². The van der Waals surface area contributed by atoms with Crippen LogP contribution in [-0.4, -0.2) is 30.5 Å². The third-order valence-corrected chi connectivity index (χ3v) is 2.84. The molecule has 0 spiro atoms. The second kappa shape index (κ2) is 4.23. The van der Waals surface area contributed by atoms with Gasteiger partial charge in [0.05, 0.1) is 23.9 Å². The minimum absolute atomic E-state index is 0.379. The van der Waals surface area contributed by atoms with Gasteiger partial charge in [-0.15, -0.1) is 5.10 Å². The van der Waals surface area contributed by atoms with Gasteiger partial charge in [0.25, 0.3) is 0 Å². The van der Waals surface area contributed by atoms with Crippen LogP contribution in [0.4, 0.5) is 0 Å². The highest BCUT2D eigenvalue weighted by Crippen LogP contribution is 2.28. The van der Waals surface area contributed by atoms with Crippen LogP contribution < -0.4 is 4.74 Å². The zero-order valence-electron chi connectivity index (χ0n) is 7.86. The maximum Gasteiger partial charge on any atom is 0.247 e. The Morgan fingerprint density at radius 1 is 1.57 bits per heavy atom. The van der Waals surface area contributed by atoms with E-state index in [9.17, 15) is 0 Å². The molecular formula is C9H11BrN2O2. The molecule has 14 heavy (non-hydrogen) atoms. The van der Waals surface area contributed by atoms with Crippen molar-refractivity contribution in [3.63, 3.8) is 0 Å². The topological polar surface area (TPSA) is 44.2 Å². The zero-order valence-corrected chi connectivity index (χ0v) is 9.45. The van der Waals surface area contributed by atoms with E-state index in [1.165, 1.54) is 0 Å². The first-order valence-corrected chi connectivity index (χ1v) is 5.25. The van der Waals surface area contributed by atoms with E-state index in [0.29, 0.717) is 11.8 Å². The largest absolute Gasteiger partial charge is 0.479 e. The molecule has 0 bridgehead atoms. The van der Waals surface area contributed by atoms with Crippen LogP contribution in [0.1, 0.15) is 18.0 Å². The molecule has 1 aliphatic rings. The number of rotatable bonds is 2. The van der Waals surface area contributed by atoms with E-state index in [1.54, 1.807) is 7.11 Å². The third-order valence-electron chi connectivity index (χ3n) is 2.28. The van der Waals surface area contributed by atoms with Crippen molar-refractivity contribution in [3.05, 3.63) is 16.2 Å². The monoisotopic (exact) mass is 258 g/mol. The highest BCUT2D eigenvalue weighted by molar-refractivity contribution is 9.10. The number of methoxy groups -OCH3 is 1. The predicted octanol–water partition coefficient (Wildman–Crippen LogP) is 1.75. The van der Waals surface area contributed by atoms with Crippen LogP contribution in [0.2, 0.25) is 0 Å². The van der Waals surface area contributed by atoms with Crippen molar-refractivity contribution < 1.29 is 9.47 Å². The Morgan fingerprint density at radius 3 is 3.00 bits per heavy atom. The highest BCUT2D eigenvalue weighted by Gasteiger charge is 2.20. The Morgan fingerprint density at radius 2 is 2.43 bits per heavy atom. The molecule has 1 aromatic rings. The molecular weight excluding hydrogens is 248 g/mol. The van der Waals surface area contributed by atoms with E-state index in [4.69, 9.17) is 9.47 Å². The summed E-state index contributed by atoms with van der Waals surface area (Å²) in [6.45, 7) is 1.56. The Kier molecular flexibility index (Phi) is 2.98. The zero-order chi connectivity index (χ0) is 9.97. The summed E-state index contributed by atoms with van der Waals surface area (Å²) in [4.78, 5) is 0. The molecule has 2 rings (SSSR count). The molecule has 0 aromatic carbocycles. The first-order chi connectivity index (χ1) is 6.81. The van der Waals surface area contributed by atoms with Gasteiger partial charge in [-0.25, -0.2) is 0 Å². The van der Waals surface area contributed by atoms with E-state index in [0.717, 1.165) is 29.8 Å². The summed E-state index contributed by atoms with van der Waals surface area (Å²) >= 11 is 3.39. The van der Waals surface area contributed by atoms with Crippen molar-refractivity contribution >= 4 is 15.9 Å². The van der Waals surface area contributed by atoms with Gasteiger partial charge < -0.3 is 9.47 Å². The summed E-state index contributed by atoms with van der Waals surface area (Å²) in [6, 6.07) is 1.95. The minimum atomic E-state index is 0.379. The lowest BCUT2D eigenvalue weighted by atomic mass is 10.1. The third kappa shape index (κ3) is 1.88. The molecule has 0 aliphatic carbocycles. The first-order valence-electron chi connectivity index (χ1n) is 4.46. The van der Waals surface area contributed by atoms with Crippen LogP contribution in [0.5, 0.6) is 5.88 Å². The molecule has 5 heteroatoms. The Labute approximate surface area is 90.8 Å². The van der Waals surface area contributed by atoms with Gasteiger partial charge in [-0.1, -0.05) is 0 Å². The number of halogens is 1. The van der Waals surface area contributed by atoms with Crippen LogP contribution in [-0.2, 0) is 4.74 Å². The van der Waals surface area contributed by atoms with Gasteiger partial charge in [0.2, 0.25) is 5.88 Å². The first kappa shape index (κ1) is 9.86. The Hall–Kier alpha value is -0.680. The number of ether oxygens (including phenoxy) is 2. The van der Waals surface area contributed by atoms with Gasteiger partial charge in [-0.2, -0.15) is 5.10 Å². The fraction of sp³-hybridized carbons (Fsp3) is 0.556. The molecule has 0 radical (unpaired) electrons. The molecule has 0 N–H and O–H groups in total. The molecule has 1 atom stereocenters. The Balaban J connectivity index is 2.23. The van der Waals surface area contributed by atoms with E-state index in [2.05, 4.69) is 26.1 Å². The molecule has 76 valence electrons. The van der Waals surface area contributed by atoms with Crippen molar-refractivity contribution in [1.29, 1.82) is 0 Å². The van der Waals surface area contributed by atoms with Gasteiger partial charge in [-0.05, 0) is 28.4 Å². The summed E-state index contributed by atoms with van der Waals surface area (Å²) in [5, 5.41) is 8.07. The minimum Gasteiger partial charge on any atom is -0.479 e. The molecule has 1 aromatic heterocycles. The molecule has 1 unspecified atom stereocenters. The lowest BCUT2D eigenvalue weighted by Gasteiger charge is -2.07. The van der Waals surface area contributed by atoms with E-state index in [1.807, 2.05) is 6.07 Å². The lowest BCUT2D eigenvalue weighted by molar-refractivity contribution is 0.193. The molecule has 2 heterocycles. The van der Waals surface area contributed by atoms with Gasteiger partial charge in [0.1, 0.15) is 0 Å². The average Bonchev–Trinajstić information content (AvgIpc) is 2.70. The summed E-state index contributed by atoms with van der Waals surface area (Å²) in [5.41, 5.74) is 0.968. The average molecular weight is 259 g/mol. The molecule has 0 saturated carbocycles. The van der Waals surface area contributed by atoms with Crippen LogP contribution in [0, 0.1) is 0 Å². The maximum absolute atomic E-state index is 5.29. The fourth-order valence-corrected chi connectivity index (χ4v) is 1.95. The number of nitrogens with zero attached hydrogens (tertiary/aromatic N) is 2. The second-order valence-corrected chi connectivity index (χ2v) is 4.04. The van der Waals surface area contributed by atoms with Gasteiger partial charge >= 0.3 is 0 Å². The molecule has 4 nitrogen and oxygen atoms in total. The predicted molar refractivity (Wildman–Crippen MR) is 54.5 cm³/mol. The second-order valence-electron chi connectivity index (χ2n) is 3.19. The molecule has 1 saturated heterocycles. The van der Waals surface area contributed by atoms with Crippen molar-refractivity contribution in [2.75, 3.05) is 20.3 Å². The van der Waals surface area contributed by atoms with Gasteiger partial charge in [-0.3, -0.25) is 0 Å².